The predicted octanol–water partition coefficient (Wildman–Crippen LogP) is 13.5. The van der Waals surface area contributed by atoms with Gasteiger partial charge in [0.1, 0.15) is 23.1 Å². The second-order valence-electron chi connectivity index (χ2n) is 19.0. The molecule has 0 saturated heterocycles. The first-order valence-corrected chi connectivity index (χ1v) is 27.0. The molecule has 0 radical (unpaired) electrons. The van der Waals surface area contributed by atoms with Gasteiger partial charge in [-0.05, 0) is 128 Å². The van der Waals surface area contributed by atoms with Gasteiger partial charge < -0.3 is 25.0 Å². The lowest BCUT2D eigenvalue weighted by atomic mass is 10.0. The second kappa shape index (κ2) is 24.3. The molecule has 2 aliphatic rings. The fourth-order valence-electron chi connectivity index (χ4n) is 8.49. The molecule has 16 heteroatoms. The molecule has 2 amide bonds. The van der Waals surface area contributed by atoms with E-state index in [-0.39, 0.29) is 41.9 Å². The van der Waals surface area contributed by atoms with Crippen molar-refractivity contribution < 1.29 is 32.6 Å². The first-order chi connectivity index (χ1) is 36.0. The van der Waals surface area contributed by atoms with Crippen molar-refractivity contribution in [2.45, 2.75) is 91.1 Å². The van der Waals surface area contributed by atoms with Gasteiger partial charge in [0.25, 0.3) is 0 Å². The van der Waals surface area contributed by atoms with Crippen LogP contribution in [-0.2, 0) is 35.5 Å². The van der Waals surface area contributed by atoms with Crippen LogP contribution in [0.15, 0.2) is 110 Å². The molecular formula is C58H59F2N7O5S2. The maximum absolute atomic E-state index is 14.9. The SMILES string of the molecule is CCCN(Cc1ccc(-c2cc3nccc(Oc4ccc(CC(=O)CC5CC5)cc4F)c3s2)nc1)C(=O)NC.CCCNCc1ccc(-c2cc3nccc(Oc4ccc(CC(=O)CC5CC5)cc4F)c3s2)nc1. The summed E-state index contributed by atoms with van der Waals surface area (Å²) in [6.45, 7) is 7.10. The van der Waals surface area contributed by atoms with Crippen LogP contribution in [0.25, 0.3) is 41.6 Å². The summed E-state index contributed by atoms with van der Waals surface area (Å²) in [4.78, 5) is 58.2. The molecule has 12 nitrogen and oxygen atoms in total. The van der Waals surface area contributed by atoms with Crippen molar-refractivity contribution in [1.82, 2.24) is 35.5 Å². The summed E-state index contributed by atoms with van der Waals surface area (Å²) in [7, 11) is 1.63. The number of ether oxygens (including phenoxy) is 2. The Balaban J connectivity index is 0.000000183. The molecule has 2 aliphatic carbocycles. The number of carbonyl (C=O) groups is 3. The molecule has 0 bridgehead atoms. The molecule has 382 valence electrons. The molecule has 6 aromatic heterocycles. The van der Waals surface area contributed by atoms with Crippen LogP contribution in [0.5, 0.6) is 23.0 Å². The van der Waals surface area contributed by atoms with Gasteiger partial charge in [-0.1, -0.05) is 38.1 Å². The van der Waals surface area contributed by atoms with E-state index in [0.29, 0.717) is 60.4 Å². The Morgan fingerprint density at radius 1 is 0.622 bits per heavy atom. The molecule has 2 fully saturated rings. The fraction of sp³-hybridized carbons (Fsp3) is 0.328. The first kappa shape index (κ1) is 51.9. The third kappa shape index (κ3) is 13.8. The number of ketones is 2. The van der Waals surface area contributed by atoms with E-state index in [1.54, 1.807) is 66.9 Å². The van der Waals surface area contributed by atoms with E-state index < -0.39 is 11.6 Å². The maximum Gasteiger partial charge on any atom is 0.317 e. The number of pyridine rings is 4. The number of amides is 2. The molecule has 0 aliphatic heterocycles. The topological polar surface area (TPSA) is 149 Å². The number of nitrogens with zero attached hydrogens (tertiary/aromatic N) is 5. The molecule has 10 rings (SSSR count). The molecule has 6 heterocycles. The molecule has 2 N–H and O–H groups in total. The number of nitrogens with one attached hydrogen (secondary N) is 2. The molecule has 8 aromatic rings. The number of thiophene rings is 2. The molecular weight excluding hydrogens is 977 g/mol. The van der Waals surface area contributed by atoms with Gasteiger partial charge in [0.2, 0.25) is 0 Å². The Morgan fingerprint density at radius 3 is 1.55 bits per heavy atom. The minimum absolute atomic E-state index is 0.103. The van der Waals surface area contributed by atoms with E-state index in [1.165, 1.54) is 34.8 Å². The molecule has 0 atom stereocenters. The summed E-state index contributed by atoms with van der Waals surface area (Å²) in [6.07, 6.45) is 15.1. The summed E-state index contributed by atoms with van der Waals surface area (Å²) in [5, 5.41) is 6.06. The number of hydrogen-bond acceptors (Lipinski definition) is 12. The van der Waals surface area contributed by atoms with Crippen molar-refractivity contribution in [1.29, 1.82) is 0 Å². The highest BCUT2D eigenvalue weighted by Gasteiger charge is 2.26. The van der Waals surface area contributed by atoms with E-state index in [1.807, 2.05) is 43.5 Å². The van der Waals surface area contributed by atoms with Crippen molar-refractivity contribution in [3.63, 3.8) is 0 Å². The van der Waals surface area contributed by atoms with Crippen LogP contribution >= 0.6 is 22.7 Å². The lowest BCUT2D eigenvalue weighted by molar-refractivity contribution is -0.119. The number of urea groups is 1. The van der Waals surface area contributed by atoms with Crippen molar-refractivity contribution in [2.24, 2.45) is 11.8 Å². The van der Waals surface area contributed by atoms with Crippen molar-refractivity contribution in [3.05, 3.63) is 144 Å². The van der Waals surface area contributed by atoms with Gasteiger partial charge in [0.05, 0.1) is 41.6 Å². The van der Waals surface area contributed by atoms with E-state index in [2.05, 4.69) is 43.6 Å². The van der Waals surface area contributed by atoms with Crippen LogP contribution in [0.3, 0.4) is 0 Å². The van der Waals surface area contributed by atoms with Crippen LogP contribution in [-0.4, -0.2) is 62.6 Å². The summed E-state index contributed by atoms with van der Waals surface area (Å²) >= 11 is 2.99. The Bertz CT molecular complexity index is 3250. The molecule has 2 saturated carbocycles. The number of fused-ring (bicyclic) bond motifs is 2. The Morgan fingerprint density at radius 2 is 1.12 bits per heavy atom. The largest absolute Gasteiger partial charge is 0.453 e. The summed E-state index contributed by atoms with van der Waals surface area (Å²) in [6, 6.07) is 24.7. The summed E-state index contributed by atoms with van der Waals surface area (Å²) in [5.41, 5.74) is 6.57. The van der Waals surface area contributed by atoms with Crippen LogP contribution in [0.2, 0.25) is 0 Å². The van der Waals surface area contributed by atoms with Gasteiger partial charge in [-0.3, -0.25) is 29.5 Å². The minimum Gasteiger partial charge on any atom is -0.453 e. The quantitative estimate of drug-likeness (QED) is 0.0628. The van der Waals surface area contributed by atoms with E-state index in [9.17, 15) is 23.2 Å². The fourth-order valence-corrected chi connectivity index (χ4v) is 10.6. The Labute approximate surface area is 437 Å². The Hall–Kier alpha value is -7.01. The molecule has 2 aromatic carbocycles. The van der Waals surface area contributed by atoms with Gasteiger partial charge in [-0.2, -0.15) is 0 Å². The minimum atomic E-state index is -0.500. The average molecular weight is 1040 g/mol. The normalized spacial score (nSPS) is 13.1. The number of rotatable bonds is 22. The molecule has 0 unspecified atom stereocenters. The van der Waals surface area contributed by atoms with E-state index >= 15 is 0 Å². The van der Waals surface area contributed by atoms with Gasteiger partial charge in [-0.15, -0.1) is 22.7 Å². The molecule has 0 spiro atoms. The smallest absolute Gasteiger partial charge is 0.317 e. The number of Topliss-reactive ketones (excluding diaryl/α,β-unsaturated/α-hetero) is 2. The van der Waals surface area contributed by atoms with Crippen LogP contribution < -0.4 is 20.1 Å². The lowest BCUT2D eigenvalue weighted by Gasteiger charge is -2.21. The highest BCUT2D eigenvalue weighted by Crippen LogP contribution is 2.41. The number of aromatic nitrogens is 4. The number of halogens is 2. The average Bonchev–Trinajstić information content (AvgIpc) is 4.31. The Kier molecular flexibility index (Phi) is 17.1. The van der Waals surface area contributed by atoms with Crippen LogP contribution in [0.1, 0.15) is 87.5 Å². The van der Waals surface area contributed by atoms with Gasteiger partial charge in [0.15, 0.2) is 23.1 Å². The predicted molar refractivity (Wildman–Crippen MR) is 288 cm³/mol. The second-order valence-corrected chi connectivity index (χ2v) is 21.1. The van der Waals surface area contributed by atoms with Gasteiger partial charge in [0, 0.05) is 89.3 Å². The van der Waals surface area contributed by atoms with Crippen LogP contribution in [0, 0.1) is 23.5 Å². The maximum atomic E-state index is 14.9. The monoisotopic (exact) mass is 1040 g/mol. The zero-order valence-electron chi connectivity index (χ0n) is 41.8. The highest BCUT2D eigenvalue weighted by molar-refractivity contribution is 7.22. The van der Waals surface area contributed by atoms with E-state index in [0.717, 1.165) is 104 Å². The van der Waals surface area contributed by atoms with Crippen molar-refractivity contribution in [2.75, 3.05) is 20.1 Å². The van der Waals surface area contributed by atoms with Crippen molar-refractivity contribution in [3.8, 4) is 44.1 Å². The third-order valence-corrected chi connectivity index (χ3v) is 15.0. The third-order valence-electron chi connectivity index (χ3n) is 12.7. The summed E-state index contributed by atoms with van der Waals surface area (Å²) < 4.78 is 43.3. The highest BCUT2D eigenvalue weighted by atomic mass is 32.1. The number of hydrogen-bond donors (Lipinski definition) is 2. The van der Waals surface area contributed by atoms with Crippen LogP contribution in [0.4, 0.5) is 13.6 Å². The zero-order valence-corrected chi connectivity index (χ0v) is 43.4. The number of carbonyl (C=O) groups excluding carboxylic acids is 3. The van der Waals surface area contributed by atoms with Gasteiger partial charge >= 0.3 is 6.03 Å². The lowest BCUT2D eigenvalue weighted by Crippen LogP contribution is -2.38. The molecule has 74 heavy (non-hydrogen) atoms. The summed E-state index contributed by atoms with van der Waals surface area (Å²) in [5.74, 6) is 1.69. The van der Waals surface area contributed by atoms with Gasteiger partial charge in [-0.25, -0.2) is 13.6 Å². The first-order valence-electron chi connectivity index (χ1n) is 25.3. The van der Waals surface area contributed by atoms with Crippen molar-refractivity contribution >= 4 is 60.7 Å². The standard InChI is InChI=1S/C30H31FN4O3S.C28H28FN3O2S/c1-3-12-35(30(37)32-2)18-21-6-8-24(34-17-21)28-16-25-29(39-28)27(10-11-33-25)38-26-9-7-20(15-23(26)31)14-22(36)13-19-4-5-19;1-2-10-30-16-20-5-7-23(32-17-20)27-15-24-28(35-27)26(9-11-31-24)34-25-8-6-19(14-22(25)29)13-21(33)12-18-3-4-18/h6-11,15-17,19H,3-5,12-14,18H2,1-2H3,(H,32,37);5-9,11,14-15,17-18,30H,2-4,10,12-13,16H2,1H3. The number of benzene rings is 2. The zero-order chi connectivity index (χ0) is 51.6. The van der Waals surface area contributed by atoms with E-state index in [4.69, 9.17) is 9.47 Å².